The minimum Gasteiger partial charge on any atom is -0.477 e. The molecule has 0 radical (unpaired) electrons. The third kappa shape index (κ3) is 5.81. The fraction of sp³-hybridized carbons (Fsp3) is 0.571. The third-order valence-corrected chi connectivity index (χ3v) is 2.85. The van der Waals surface area contributed by atoms with Gasteiger partial charge in [0, 0.05) is 25.8 Å². The Morgan fingerprint density at radius 3 is 2.63 bits per heavy atom. The van der Waals surface area contributed by atoms with E-state index in [-0.39, 0.29) is 5.69 Å². The molecule has 0 fully saturated rings. The summed E-state index contributed by atoms with van der Waals surface area (Å²) < 4.78 is 0. The van der Waals surface area contributed by atoms with Gasteiger partial charge in [-0.25, -0.2) is 9.78 Å². The first kappa shape index (κ1) is 15.6. The molecule has 0 aliphatic rings. The highest BCUT2D eigenvalue weighted by atomic mass is 16.4. The van der Waals surface area contributed by atoms with Crippen molar-refractivity contribution in [3.63, 3.8) is 0 Å². The Morgan fingerprint density at radius 2 is 2.05 bits per heavy atom. The average molecular weight is 265 g/mol. The lowest BCUT2D eigenvalue weighted by Gasteiger charge is -2.23. The highest BCUT2D eigenvalue weighted by Crippen LogP contribution is 2.07. The van der Waals surface area contributed by atoms with E-state index >= 15 is 0 Å². The van der Waals surface area contributed by atoms with E-state index in [0.29, 0.717) is 0 Å². The Balaban J connectivity index is 2.67. The fourth-order valence-corrected chi connectivity index (χ4v) is 1.88. The summed E-state index contributed by atoms with van der Waals surface area (Å²) >= 11 is 0. The maximum atomic E-state index is 10.9. The number of likely N-dealkylation sites (N-methyl/N-ethyl adjacent to an activating group) is 1. The topological polar surface area (TPSA) is 56.7 Å². The predicted molar refractivity (Wildman–Crippen MR) is 75.3 cm³/mol. The van der Waals surface area contributed by atoms with Gasteiger partial charge in [-0.3, -0.25) is 4.90 Å². The number of hydrogen-bond donors (Lipinski definition) is 1. The van der Waals surface area contributed by atoms with Crippen LogP contribution in [0.1, 0.15) is 29.4 Å². The number of aromatic nitrogens is 1. The standard InChI is InChI=1S/C14H23N3O2/c1-4-7-17(9-8-16(2)3)11-12-5-6-15-13(10-12)14(18)19/h5-6,10H,4,7-9,11H2,1-3H3,(H,18,19). The molecular formula is C14H23N3O2. The first-order chi connectivity index (χ1) is 9.02. The van der Waals surface area contributed by atoms with E-state index in [0.717, 1.165) is 38.2 Å². The first-order valence-electron chi connectivity index (χ1n) is 6.58. The van der Waals surface area contributed by atoms with E-state index in [1.807, 2.05) is 6.07 Å². The summed E-state index contributed by atoms with van der Waals surface area (Å²) in [6.45, 7) is 5.91. The molecule has 0 unspecified atom stereocenters. The van der Waals surface area contributed by atoms with E-state index < -0.39 is 5.97 Å². The van der Waals surface area contributed by atoms with Crippen LogP contribution in [0.15, 0.2) is 18.3 Å². The van der Waals surface area contributed by atoms with Gasteiger partial charge in [-0.15, -0.1) is 0 Å². The highest BCUT2D eigenvalue weighted by molar-refractivity contribution is 5.85. The Bertz CT molecular complexity index is 407. The number of nitrogens with zero attached hydrogens (tertiary/aromatic N) is 3. The Labute approximate surface area is 114 Å². The maximum Gasteiger partial charge on any atom is 0.354 e. The van der Waals surface area contributed by atoms with Gasteiger partial charge in [0.15, 0.2) is 0 Å². The molecule has 0 spiro atoms. The molecule has 19 heavy (non-hydrogen) atoms. The minimum absolute atomic E-state index is 0.113. The molecule has 0 atom stereocenters. The van der Waals surface area contributed by atoms with Crippen LogP contribution in [-0.4, -0.2) is 59.6 Å². The molecule has 0 amide bonds. The van der Waals surface area contributed by atoms with Crippen molar-refractivity contribution in [2.24, 2.45) is 0 Å². The smallest absolute Gasteiger partial charge is 0.354 e. The largest absolute Gasteiger partial charge is 0.477 e. The molecule has 0 saturated carbocycles. The molecule has 0 bridgehead atoms. The predicted octanol–water partition coefficient (Wildman–Crippen LogP) is 1.55. The summed E-state index contributed by atoms with van der Waals surface area (Å²) in [6, 6.07) is 3.53. The second kappa shape index (κ2) is 7.86. The Morgan fingerprint density at radius 1 is 1.32 bits per heavy atom. The van der Waals surface area contributed by atoms with Crippen LogP contribution in [0.3, 0.4) is 0 Å². The van der Waals surface area contributed by atoms with Crippen LogP contribution >= 0.6 is 0 Å². The van der Waals surface area contributed by atoms with Crippen LogP contribution in [0, 0.1) is 0 Å². The molecule has 1 heterocycles. The number of hydrogen-bond acceptors (Lipinski definition) is 4. The maximum absolute atomic E-state index is 10.9. The summed E-state index contributed by atoms with van der Waals surface area (Å²) in [5.41, 5.74) is 1.11. The molecule has 5 heteroatoms. The quantitative estimate of drug-likeness (QED) is 0.773. The number of pyridine rings is 1. The molecule has 1 N–H and O–H groups in total. The average Bonchev–Trinajstić information content (AvgIpc) is 2.36. The first-order valence-corrected chi connectivity index (χ1v) is 6.58. The minimum atomic E-state index is -0.975. The Kier molecular flexibility index (Phi) is 6.45. The van der Waals surface area contributed by atoms with Gasteiger partial charge in [-0.2, -0.15) is 0 Å². The number of rotatable bonds is 8. The lowest BCUT2D eigenvalue weighted by molar-refractivity contribution is 0.0690. The summed E-state index contributed by atoms with van der Waals surface area (Å²) in [5, 5.41) is 8.94. The van der Waals surface area contributed by atoms with Gasteiger partial charge in [0.1, 0.15) is 5.69 Å². The van der Waals surface area contributed by atoms with Crippen molar-refractivity contribution in [2.75, 3.05) is 33.7 Å². The summed E-state index contributed by atoms with van der Waals surface area (Å²) in [7, 11) is 4.11. The van der Waals surface area contributed by atoms with Gasteiger partial charge in [-0.05, 0) is 44.8 Å². The van der Waals surface area contributed by atoms with Crippen molar-refractivity contribution >= 4 is 5.97 Å². The van der Waals surface area contributed by atoms with Crippen molar-refractivity contribution in [3.05, 3.63) is 29.6 Å². The normalized spacial score (nSPS) is 11.2. The molecule has 1 aromatic rings. The van der Waals surface area contributed by atoms with Crippen LogP contribution < -0.4 is 0 Å². The SMILES string of the molecule is CCCN(CCN(C)C)Cc1ccnc(C(=O)O)c1. The molecule has 5 nitrogen and oxygen atoms in total. The highest BCUT2D eigenvalue weighted by Gasteiger charge is 2.09. The molecule has 1 rings (SSSR count). The molecule has 0 aliphatic carbocycles. The third-order valence-electron chi connectivity index (χ3n) is 2.85. The molecule has 1 aromatic heterocycles. The van der Waals surface area contributed by atoms with Gasteiger partial charge in [0.2, 0.25) is 0 Å². The van der Waals surface area contributed by atoms with Crippen LogP contribution in [0.2, 0.25) is 0 Å². The number of aromatic carboxylic acids is 1. The van der Waals surface area contributed by atoms with Crippen LogP contribution in [-0.2, 0) is 6.54 Å². The molecule has 0 aromatic carbocycles. The number of carbonyl (C=O) groups is 1. The van der Waals surface area contributed by atoms with Gasteiger partial charge in [0.25, 0.3) is 0 Å². The number of carboxylic acids is 1. The summed E-state index contributed by atoms with van der Waals surface area (Å²) in [6.07, 6.45) is 2.65. The van der Waals surface area contributed by atoms with Crippen LogP contribution in [0.5, 0.6) is 0 Å². The monoisotopic (exact) mass is 265 g/mol. The molecule has 106 valence electrons. The lowest BCUT2D eigenvalue weighted by atomic mass is 10.2. The zero-order valence-electron chi connectivity index (χ0n) is 12.0. The van der Waals surface area contributed by atoms with E-state index in [2.05, 4.69) is 35.8 Å². The lowest BCUT2D eigenvalue weighted by Crippen LogP contribution is -2.32. The van der Waals surface area contributed by atoms with Gasteiger partial charge >= 0.3 is 5.97 Å². The van der Waals surface area contributed by atoms with Gasteiger partial charge in [0.05, 0.1) is 0 Å². The Hall–Kier alpha value is -1.46. The van der Waals surface area contributed by atoms with Crippen molar-refractivity contribution < 1.29 is 9.90 Å². The van der Waals surface area contributed by atoms with Crippen LogP contribution in [0.4, 0.5) is 0 Å². The van der Waals surface area contributed by atoms with Gasteiger partial charge in [-0.1, -0.05) is 6.92 Å². The van der Waals surface area contributed by atoms with Crippen molar-refractivity contribution in [2.45, 2.75) is 19.9 Å². The van der Waals surface area contributed by atoms with Crippen molar-refractivity contribution in [1.29, 1.82) is 0 Å². The van der Waals surface area contributed by atoms with E-state index in [1.54, 1.807) is 12.3 Å². The van der Waals surface area contributed by atoms with Crippen molar-refractivity contribution in [3.8, 4) is 0 Å². The molecular weight excluding hydrogens is 242 g/mol. The summed E-state index contributed by atoms with van der Waals surface area (Å²) in [4.78, 5) is 19.2. The number of carboxylic acid groups (broad SMARTS) is 1. The second-order valence-corrected chi connectivity index (χ2v) is 4.93. The summed E-state index contributed by atoms with van der Waals surface area (Å²) in [5.74, 6) is -0.975. The van der Waals surface area contributed by atoms with E-state index in [9.17, 15) is 4.79 Å². The fourth-order valence-electron chi connectivity index (χ4n) is 1.88. The molecule has 0 aliphatic heterocycles. The van der Waals surface area contributed by atoms with Crippen LogP contribution in [0.25, 0.3) is 0 Å². The second-order valence-electron chi connectivity index (χ2n) is 4.93. The van der Waals surface area contributed by atoms with E-state index in [4.69, 9.17) is 5.11 Å². The van der Waals surface area contributed by atoms with E-state index in [1.165, 1.54) is 0 Å². The van der Waals surface area contributed by atoms with Gasteiger partial charge < -0.3 is 10.0 Å². The van der Waals surface area contributed by atoms with Crippen molar-refractivity contribution in [1.82, 2.24) is 14.8 Å². The molecule has 0 saturated heterocycles. The zero-order valence-corrected chi connectivity index (χ0v) is 12.0. The zero-order chi connectivity index (χ0) is 14.3.